The summed E-state index contributed by atoms with van der Waals surface area (Å²) in [6.07, 6.45) is 0. The summed E-state index contributed by atoms with van der Waals surface area (Å²) in [5, 5.41) is 9.55. The highest BCUT2D eigenvalue weighted by Crippen LogP contribution is 2.14. The summed E-state index contributed by atoms with van der Waals surface area (Å²) in [6.45, 7) is 8.79. The van der Waals surface area contributed by atoms with Crippen molar-refractivity contribution in [3.8, 4) is 0 Å². The lowest BCUT2D eigenvalue weighted by Gasteiger charge is -2.07. The van der Waals surface area contributed by atoms with Gasteiger partial charge in [-0.1, -0.05) is 52.0 Å². The van der Waals surface area contributed by atoms with Gasteiger partial charge in [-0.05, 0) is 17.0 Å². The largest absolute Gasteiger partial charge is 0.345 e. The first-order valence-corrected chi connectivity index (χ1v) is 7.26. The molecule has 0 aliphatic carbocycles. The highest BCUT2D eigenvalue weighted by molar-refractivity contribution is 5.90. The summed E-state index contributed by atoms with van der Waals surface area (Å²) in [4.78, 5) is 16.2. The molecule has 2 N–H and O–H groups in total. The van der Waals surface area contributed by atoms with Crippen LogP contribution in [0.1, 0.15) is 67.1 Å². The summed E-state index contributed by atoms with van der Waals surface area (Å²) in [6, 6.07) is 8.26. The van der Waals surface area contributed by atoms with Gasteiger partial charge in [0.25, 0.3) is 5.91 Å². The molecule has 21 heavy (non-hydrogen) atoms. The molecular formula is C16H22N4O. The zero-order chi connectivity index (χ0) is 15.4. The number of carbonyl (C=O) groups excluding carboxylic acids is 1. The first kappa shape index (κ1) is 15.2. The molecule has 0 radical (unpaired) electrons. The fourth-order valence-electron chi connectivity index (χ4n) is 1.92. The van der Waals surface area contributed by atoms with Crippen LogP contribution in [0.4, 0.5) is 0 Å². The molecule has 0 aliphatic rings. The van der Waals surface area contributed by atoms with Gasteiger partial charge >= 0.3 is 0 Å². The molecule has 1 aromatic carbocycles. The predicted octanol–water partition coefficient (Wildman–Crippen LogP) is 2.98. The molecule has 2 aromatic rings. The molecule has 0 unspecified atom stereocenters. The van der Waals surface area contributed by atoms with Gasteiger partial charge in [0.1, 0.15) is 5.82 Å². The van der Waals surface area contributed by atoms with Crippen molar-refractivity contribution in [2.75, 3.05) is 0 Å². The molecule has 0 bridgehead atoms. The summed E-state index contributed by atoms with van der Waals surface area (Å²) < 4.78 is 0. The van der Waals surface area contributed by atoms with Crippen LogP contribution in [0.5, 0.6) is 0 Å². The molecule has 0 spiro atoms. The molecule has 112 valence electrons. The Labute approximate surface area is 125 Å². The van der Waals surface area contributed by atoms with E-state index in [0.717, 1.165) is 11.4 Å². The zero-order valence-electron chi connectivity index (χ0n) is 13.0. The van der Waals surface area contributed by atoms with E-state index in [1.54, 1.807) is 0 Å². The van der Waals surface area contributed by atoms with Crippen molar-refractivity contribution in [3.05, 3.63) is 47.0 Å². The second-order valence-corrected chi connectivity index (χ2v) is 5.78. The maximum Gasteiger partial charge on any atom is 0.291 e. The van der Waals surface area contributed by atoms with Gasteiger partial charge in [0.05, 0.1) is 0 Å². The molecule has 1 aromatic heterocycles. The van der Waals surface area contributed by atoms with Gasteiger partial charge in [-0.25, -0.2) is 4.98 Å². The standard InChI is InChI=1S/C16H22N4O/c1-10(2)13-7-5-12(6-8-13)9-17-16(21)15-18-14(11(3)4)19-20-15/h5-8,10-11H,9H2,1-4H3,(H,17,21)(H,18,19,20). The summed E-state index contributed by atoms with van der Waals surface area (Å²) in [5.41, 5.74) is 2.35. The molecule has 5 nitrogen and oxygen atoms in total. The Morgan fingerprint density at radius 3 is 2.33 bits per heavy atom. The summed E-state index contributed by atoms with van der Waals surface area (Å²) >= 11 is 0. The smallest absolute Gasteiger partial charge is 0.291 e. The van der Waals surface area contributed by atoms with E-state index in [4.69, 9.17) is 0 Å². The van der Waals surface area contributed by atoms with Crippen LogP contribution < -0.4 is 5.32 Å². The van der Waals surface area contributed by atoms with Gasteiger partial charge in [0, 0.05) is 12.5 Å². The number of hydrogen-bond donors (Lipinski definition) is 2. The molecule has 0 aliphatic heterocycles. The van der Waals surface area contributed by atoms with E-state index in [1.807, 2.05) is 26.0 Å². The van der Waals surface area contributed by atoms with Crippen LogP contribution in [0.2, 0.25) is 0 Å². The molecular weight excluding hydrogens is 264 g/mol. The number of H-pyrrole nitrogens is 1. The number of aromatic nitrogens is 3. The molecule has 0 saturated heterocycles. The van der Waals surface area contributed by atoms with Crippen LogP contribution in [0.3, 0.4) is 0 Å². The lowest BCUT2D eigenvalue weighted by molar-refractivity contribution is 0.0941. The maximum absolute atomic E-state index is 12.0. The van der Waals surface area contributed by atoms with Crippen molar-refractivity contribution in [2.24, 2.45) is 0 Å². The number of benzene rings is 1. The Hall–Kier alpha value is -2.17. The Balaban J connectivity index is 1.94. The molecule has 0 saturated carbocycles. The van der Waals surface area contributed by atoms with Gasteiger partial charge in [0.2, 0.25) is 5.82 Å². The second-order valence-electron chi connectivity index (χ2n) is 5.78. The number of aromatic amines is 1. The van der Waals surface area contributed by atoms with Crippen LogP contribution in [0.15, 0.2) is 24.3 Å². The minimum absolute atomic E-state index is 0.192. The van der Waals surface area contributed by atoms with E-state index in [1.165, 1.54) is 5.56 Å². The number of hydrogen-bond acceptors (Lipinski definition) is 3. The van der Waals surface area contributed by atoms with Crippen molar-refractivity contribution < 1.29 is 4.79 Å². The van der Waals surface area contributed by atoms with Crippen molar-refractivity contribution in [1.82, 2.24) is 20.5 Å². The van der Waals surface area contributed by atoms with E-state index in [9.17, 15) is 4.79 Å². The third-order valence-electron chi connectivity index (χ3n) is 3.35. The van der Waals surface area contributed by atoms with E-state index in [2.05, 4.69) is 46.5 Å². The van der Waals surface area contributed by atoms with E-state index in [-0.39, 0.29) is 17.6 Å². The normalized spacial score (nSPS) is 11.1. The van der Waals surface area contributed by atoms with Gasteiger partial charge in [-0.15, -0.1) is 5.10 Å². The zero-order valence-corrected chi connectivity index (χ0v) is 13.0. The Morgan fingerprint density at radius 1 is 1.14 bits per heavy atom. The van der Waals surface area contributed by atoms with E-state index in [0.29, 0.717) is 12.5 Å². The average Bonchev–Trinajstić information content (AvgIpc) is 2.95. The number of nitrogens with one attached hydrogen (secondary N) is 2. The van der Waals surface area contributed by atoms with Crippen molar-refractivity contribution in [3.63, 3.8) is 0 Å². The van der Waals surface area contributed by atoms with Gasteiger partial charge < -0.3 is 5.32 Å². The molecule has 0 atom stereocenters. The third-order valence-corrected chi connectivity index (χ3v) is 3.35. The lowest BCUT2D eigenvalue weighted by atomic mass is 10.0. The van der Waals surface area contributed by atoms with Crippen molar-refractivity contribution in [2.45, 2.75) is 46.1 Å². The van der Waals surface area contributed by atoms with E-state index < -0.39 is 0 Å². The molecule has 1 heterocycles. The Bertz CT molecular complexity index is 599. The van der Waals surface area contributed by atoms with Crippen LogP contribution in [0.25, 0.3) is 0 Å². The third kappa shape index (κ3) is 3.90. The number of rotatable bonds is 5. The van der Waals surface area contributed by atoms with Crippen LogP contribution >= 0.6 is 0 Å². The lowest BCUT2D eigenvalue weighted by Crippen LogP contribution is -2.24. The van der Waals surface area contributed by atoms with Crippen LogP contribution in [-0.4, -0.2) is 21.1 Å². The quantitative estimate of drug-likeness (QED) is 0.887. The number of carbonyl (C=O) groups is 1. The second kappa shape index (κ2) is 6.52. The Kier molecular flexibility index (Phi) is 4.73. The SMILES string of the molecule is CC(C)c1ccc(CNC(=O)c2n[nH]c(C(C)C)n2)cc1. The van der Waals surface area contributed by atoms with Gasteiger partial charge in [0.15, 0.2) is 0 Å². The highest BCUT2D eigenvalue weighted by Gasteiger charge is 2.13. The molecule has 2 rings (SSSR count). The monoisotopic (exact) mass is 286 g/mol. The summed E-state index contributed by atoms with van der Waals surface area (Å²) in [7, 11) is 0. The number of amides is 1. The van der Waals surface area contributed by atoms with Crippen molar-refractivity contribution in [1.29, 1.82) is 0 Å². The first-order valence-electron chi connectivity index (χ1n) is 7.26. The number of nitrogens with zero attached hydrogens (tertiary/aromatic N) is 2. The van der Waals surface area contributed by atoms with Crippen LogP contribution in [0, 0.1) is 0 Å². The molecule has 5 heteroatoms. The van der Waals surface area contributed by atoms with Gasteiger partial charge in [-0.2, -0.15) is 0 Å². The fraction of sp³-hybridized carbons (Fsp3) is 0.438. The highest BCUT2D eigenvalue weighted by atomic mass is 16.2. The van der Waals surface area contributed by atoms with Gasteiger partial charge in [-0.3, -0.25) is 9.89 Å². The van der Waals surface area contributed by atoms with Crippen LogP contribution in [-0.2, 0) is 6.54 Å². The van der Waals surface area contributed by atoms with E-state index >= 15 is 0 Å². The maximum atomic E-state index is 12.0. The summed E-state index contributed by atoms with van der Waals surface area (Å²) in [5.74, 6) is 1.39. The molecule has 0 fully saturated rings. The average molecular weight is 286 g/mol. The first-order chi connectivity index (χ1) is 9.97. The Morgan fingerprint density at radius 2 is 1.81 bits per heavy atom. The van der Waals surface area contributed by atoms with Crippen molar-refractivity contribution >= 4 is 5.91 Å². The minimum Gasteiger partial charge on any atom is -0.345 e. The minimum atomic E-state index is -0.258. The topological polar surface area (TPSA) is 70.7 Å². The predicted molar refractivity (Wildman–Crippen MR) is 82.2 cm³/mol. The fourth-order valence-corrected chi connectivity index (χ4v) is 1.92. The molecule has 1 amide bonds.